The molecule has 0 saturated carbocycles. The topological polar surface area (TPSA) is 88.5 Å². The molecule has 0 radical (unpaired) electrons. The minimum Gasteiger partial charge on any atom is -0.462 e. The summed E-state index contributed by atoms with van der Waals surface area (Å²) in [4.78, 5) is 25.0. The number of nitrogens with zero attached hydrogens (tertiary/aromatic N) is 3. The largest absolute Gasteiger partial charge is 0.462 e. The summed E-state index contributed by atoms with van der Waals surface area (Å²) in [7, 11) is 1.62. The number of thiazole rings is 1. The number of hydrogen-bond acceptors (Lipinski definition) is 6. The smallest absolute Gasteiger partial charge is 0.350 e. The number of carbonyl (C=O) groups excluding carboxylic acids is 1. The molecular weight excluding hydrogens is 484 g/mol. The summed E-state index contributed by atoms with van der Waals surface area (Å²) in [6.07, 6.45) is 1.54. The van der Waals surface area contributed by atoms with Gasteiger partial charge in [-0.2, -0.15) is 0 Å². The lowest BCUT2D eigenvalue weighted by Crippen LogP contribution is -2.38. The minimum absolute atomic E-state index is 0. The number of nitrogens with one attached hydrogen (secondary N) is 2. The van der Waals surface area contributed by atoms with E-state index >= 15 is 0 Å². The van der Waals surface area contributed by atoms with E-state index in [4.69, 9.17) is 4.74 Å². The number of aromatic nitrogens is 2. The first-order valence-corrected chi connectivity index (χ1v) is 8.98. The van der Waals surface area contributed by atoms with Gasteiger partial charge in [-0.25, -0.2) is 14.2 Å². The highest BCUT2D eigenvalue weighted by Crippen LogP contribution is 2.24. The van der Waals surface area contributed by atoms with Gasteiger partial charge >= 0.3 is 5.97 Å². The third kappa shape index (κ3) is 6.38. The Hall–Kier alpha value is -1.82. The third-order valence-corrected chi connectivity index (χ3v) is 4.80. The van der Waals surface area contributed by atoms with Crippen LogP contribution in [-0.2, 0) is 11.3 Å². The van der Waals surface area contributed by atoms with Crippen LogP contribution in [0.15, 0.2) is 23.3 Å². The number of aliphatic imine (C=N–C) groups is 1. The Bertz CT molecular complexity index is 799. The van der Waals surface area contributed by atoms with E-state index in [1.807, 2.05) is 6.92 Å². The van der Waals surface area contributed by atoms with Gasteiger partial charge < -0.3 is 15.4 Å². The van der Waals surface area contributed by atoms with Gasteiger partial charge in [-0.15, -0.1) is 35.3 Å². The van der Waals surface area contributed by atoms with Crippen LogP contribution in [0.25, 0.3) is 0 Å². The molecule has 10 heteroatoms. The molecule has 0 bridgehead atoms. The summed E-state index contributed by atoms with van der Waals surface area (Å²) in [6.45, 7) is 5.96. The number of guanidine groups is 1. The van der Waals surface area contributed by atoms with E-state index in [-0.39, 0.29) is 48.3 Å². The van der Waals surface area contributed by atoms with E-state index in [9.17, 15) is 9.18 Å². The second-order valence-corrected chi connectivity index (χ2v) is 6.44. The van der Waals surface area contributed by atoms with Crippen molar-refractivity contribution in [2.75, 3.05) is 13.7 Å². The monoisotopic (exact) mass is 507 g/mol. The highest BCUT2D eigenvalue weighted by molar-refractivity contribution is 14.0. The molecule has 1 atom stereocenters. The Kier molecular flexibility index (Phi) is 9.56. The van der Waals surface area contributed by atoms with Crippen LogP contribution in [0.2, 0.25) is 0 Å². The Morgan fingerprint density at radius 3 is 2.85 bits per heavy atom. The van der Waals surface area contributed by atoms with Crippen molar-refractivity contribution in [3.8, 4) is 0 Å². The number of carbonyl (C=O) groups is 1. The van der Waals surface area contributed by atoms with Gasteiger partial charge in [0.05, 0.1) is 30.6 Å². The van der Waals surface area contributed by atoms with Crippen LogP contribution in [0, 0.1) is 12.7 Å². The highest BCUT2D eigenvalue weighted by atomic mass is 127. The fourth-order valence-corrected chi connectivity index (χ4v) is 3.13. The van der Waals surface area contributed by atoms with Crippen LogP contribution in [0.3, 0.4) is 0 Å². The fraction of sp³-hybridized carbons (Fsp3) is 0.412. The molecule has 1 unspecified atom stereocenters. The van der Waals surface area contributed by atoms with Crippen molar-refractivity contribution in [1.82, 2.24) is 20.6 Å². The van der Waals surface area contributed by atoms with E-state index in [0.29, 0.717) is 28.8 Å². The van der Waals surface area contributed by atoms with Crippen molar-refractivity contribution in [3.63, 3.8) is 0 Å². The first-order valence-electron chi connectivity index (χ1n) is 8.17. The van der Waals surface area contributed by atoms with Crippen LogP contribution < -0.4 is 10.6 Å². The number of hydrogen-bond donors (Lipinski definition) is 2. The van der Waals surface area contributed by atoms with Crippen molar-refractivity contribution in [2.45, 2.75) is 33.4 Å². The molecule has 0 aliphatic rings. The number of esters is 1. The van der Waals surface area contributed by atoms with E-state index in [1.54, 1.807) is 27.0 Å². The van der Waals surface area contributed by atoms with E-state index in [2.05, 4.69) is 25.6 Å². The third-order valence-electron chi connectivity index (χ3n) is 3.48. The summed E-state index contributed by atoms with van der Waals surface area (Å²) in [5, 5.41) is 6.92. The summed E-state index contributed by atoms with van der Waals surface area (Å²) in [6, 6.07) is 2.71. The molecule has 0 saturated heterocycles. The summed E-state index contributed by atoms with van der Waals surface area (Å²) in [5.74, 6) is -0.264. The zero-order valence-corrected chi connectivity index (χ0v) is 18.7. The van der Waals surface area contributed by atoms with E-state index < -0.39 is 0 Å². The van der Waals surface area contributed by atoms with Crippen LogP contribution in [0.4, 0.5) is 4.39 Å². The second kappa shape index (κ2) is 11.1. The summed E-state index contributed by atoms with van der Waals surface area (Å²) >= 11 is 1.28. The van der Waals surface area contributed by atoms with Crippen molar-refractivity contribution < 1.29 is 13.9 Å². The fourth-order valence-electron chi connectivity index (χ4n) is 2.17. The molecule has 0 aliphatic carbocycles. The van der Waals surface area contributed by atoms with E-state index in [0.717, 1.165) is 5.01 Å². The van der Waals surface area contributed by atoms with Crippen molar-refractivity contribution >= 4 is 47.2 Å². The van der Waals surface area contributed by atoms with Gasteiger partial charge in [0.25, 0.3) is 0 Å². The SMILES string of the molecule is CCOC(=O)c1sc(C(C)NC(=NC)NCc2ncccc2F)nc1C.I. The predicted octanol–water partition coefficient (Wildman–Crippen LogP) is 3.21. The van der Waals surface area contributed by atoms with E-state index in [1.165, 1.54) is 23.6 Å². The maximum atomic E-state index is 13.6. The zero-order chi connectivity index (χ0) is 19.1. The molecule has 0 amide bonds. The predicted molar refractivity (Wildman–Crippen MR) is 114 cm³/mol. The Labute approximate surface area is 178 Å². The molecular formula is C17H23FIN5O2S. The van der Waals surface area contributed by atoms with Crippen molar-refractivity contribution in [2.24, 2.45) is 4.99 Å². The molecule has 2 heterocycles. The van der Waals surface area contributed by atoms with Gasteiger partial charge in [0.2, 0.25) is 0 Å². The van der Waals surface area contributed by atoms with Crippen LogP contribution in [0.1, 0.15) is 46.0 Å². The van der Waals surface area contributed by atoms with Gasteiger partial charge in [-0.1, -0.05) is 0 Å². The average Bonchev–Trinajstić information content (AvgIpc) is 3.02. The van der Waals surface area contributed by atoms with Gasteiger partial charge in [0, 0.05) is 13.2 Å². The molecule has 27 heavy (non-hydrogen) atoms. The van der Waals surface area contributed by atoms with Gasteiger partial charge in [0.1, 0.15) is 15.7 Å². The molecule has 0 aromatic carbocycles. The first-order chi connectivity index (χ1) is 12.5. The molecule has 2 aromatic heterocycles. The molecule has 2 N–H and O–H groups in total. The first kappa shape index (κ1) is 23.2. The Morgan fingerprint density at radius 2 is 2.22 bits per heavy atom. The number of pyridine rings is 1. The molecule has 7 nitrogen and oxygen atoms in total. The molecule has 2 rings (SSSR count). The van der Waals surface area contributed by atoms with Crippen LogP contribution in [-0.4, -0.2) is 35.6 Å². The highest BCUT2D eigenvalue weighted by Gasteiger charge is 2.20. The lowest BCUT2D eigenvalue weighted by molar-refractivity contribution is 0.0531. The van der Waals surface area contributed by atoms with Crippen molar-refractivity contribution in [1.29, 1.82) is 0 Å². The number of halogens is 2. The minimum atomic E-state index is -0.377. The lowest BCUT2D eigenvalue weighted by Gasteiger charge is -2.16. The molecule has 0 spiro atoms. The summed E-state index contributed by atoms with van der Waals surface area (Å²) in [5.41, 5.74) is 0.938. The Balaban J connectivity index is 0.00000364. The number of ether oxygens (including phenoxy) is 1. The normalized spacial score (nSPS) is 12.1. The quantitative estimate of drug-likeness (QED) is 0.270. The van der Waals surface area contributed by atoms with Crippen molar-refractivity contribution in [3.05, 3.63) is 45.4 Å². The molecule has 0 aliphatic heterocycles. The second-order valence-electron chi connectivity index (χ2n) is 5.41. The van der Waals surface area contributed by atoms with Crippen LogP contribution >= 0.6 is 35.3 Å². The van der Waals surface area contributed by atoms with Gasteiger partial charge in [-0.05, 0) is 32.9 Å². The maximum Gasteiger partial charge on any atom is 0.350 e. The Morgan fingerprint density at radius 1 is 1.48 bits per heavy atom. The molecule has 148 valence electrons. The van der Waals surface area contributed by atoms with Gasteiger partial charge in [0.15, 0.2) is 5.96 Å². The standard InChI is InChI=1S/C17H22FN5O2S.HI/c1-5-25-16(24)14-10(2)22-15(26-14)11(3)23-17(19-4)21-9-13-12(18)7-6-8-20-13;/h6-8,11H,5,9H2,1-4H3,(H2,19,21,23);1H. The molecule has 2 aromatic rings. The number of aryl methyl sites for hydroxylation is 1. The average molecular weight is 507 g/mol. The lowest BCUT2D eigenvalue weighted by atomic mass is 10.3. The summed E-state index contributed by atoms with van der Waals surface area (Å²) < 4.78 is 18.7. The number of rotatable bonds is 6. The van der Waals surface area contributed by atoms with Gasteiger partial charge in [-0.3, -0.25) is 9.98 Å². The molecule has 0 fully saturated rings. The zero-order valence-electron chi connectivity index (χ0n) is 15.6. The maximum absolute atomic E-state index is 13.6. The van der Waals surface area contributed by atoms with Crippen LogP contribution in [0.5, 0.6) is 0 Å².